The van der Waals surface area contributed by atoms with Crippen LogP contribution in [-0.4, -0.2) is 56.4 Å². The van der Waals surface area contributed by atoms with Crippen molar-refractivity contribution in [1.29, 1.82) is 0 Å². The fourth-order valence-corrected chi connectivity index (χ4v) is 2.20. The van der Waals surface area contributed by atoms with E-state index in [1.54, 1.807) is 0 Å². The summed E-state index contributed by atoms with van der Waals surface area (Å²) in [4.78, 5) is 14.1. The summed E-state index contributed by atoms with van der Waals surface area (Å²) in [6, 6.07) is 5.04. The Bertz CT molecular complexity index is 502. The van der Waals surface area contributed by atoms with Gasteiger partial charge in [0, 0.05) is 44.8 Å². The molecular weight excluding hydrogens is 299 g/mol. The highest BCUT2D eigenvalue weighted by atomic mass is 19.4. The zero-order valence-corrected chi connectivity index (χ0v) is 11.9. The number of carbonyl (C=O) groups is 1. The molecule has 0 aromatic heterocycles. The molecule has 1 heterocycles. The van der Waals surface area contributed by atoms with E-state index in [9.17, 15) is 18.0 Å². The van der Waals surface area contributed by atoms with Gasteiger partial charge in [-0.25, -0.2) is 0 Å². The Hall–Kier alpha value is -1.80. The summed E-state index contributed by atoms with van der Waals surface area (Å²) in [6.45, 7) is 4.85. The molecule has 0 radical (unpaired) electrons. The van der Waals surface area contributed by atoms with Crippen molar-refractivity contribution in [3.05, 3.63) is 29.8 Å². The van der Waals surface area contributed by atoms with Crippen molar-refractivity contribution in [2.75, 3.05) is 39.3 Å². The molecule has 1 fully saturated rings. The maximum Gasteiger partial charge on any atom is 0.573 e. The first-order chi connectivity index (χ1) is 10.4. The van der Waals surface area contributed by atoms with Crippen molar-refractivity contribution in [3.63, 3.8) is 0 Å². The molecule has 0 aliphatic carbocycles. The van der Waals surface area contributed by atoms with Crippen molar-refractivity contribution in [3.8, 4) is 5.75 Å². The number of nitrogens with one attached hydrogen (secondary N) is 2. The molecule has 1 saturated heterocycles. The normalized spacial score (nSPS) is 16.3. The Morgan fingerprint density at radius 3 is 2.73 bits per heavy atom. The number of hydrogen-bond donors (Lipinski definition) is 2. The molecule has 22 heavy (non-hydrogen) atoms. The van der Waals surface area contributed by atoms with Crippen LogP contribution >= 0.6 is 0 Å². The number of carbonyl (C=O) groups excluding carboxylic acids is 1. The van der Waals surface area contributed by atoms with Gasteiger partial charge in [0.25, 0.3) is 5.91 Å². The van der Waals surface area contributed by atoms with Gasteiger partial charge in [-0.15, -0.1) is 13.2 Å². The Morgan fingerprint density at radius 2 is 2.05 bits per heavy atom. The molecule has 1 amide bonds. The quantitative estimate of drug-likeness (QED) is 0.857. The smallest absolute Gasteiger partial charge is 0.406 e. The Labute approximate surface area is 126 Å². The van der Waals surface area contributed by atoms with Crippen LogP contribution in [-0.2, 0) is 0 Å². The number of nitrogens with zero attached hydrogens (tertiary/aromatic N) is 1. The molecule has 8 heteroatoms. The summed E-state index contributed by atoms with van der Waals surface area (Å²) < 4.78 is 40.2. The summed E-state index contributed by atoms with van der Waals surface area (Å²) in [7, 11) is 0. The second kappa shape index (κ2) is 7.46. The third-order valence-corrected chi connectivity index (χ3v) is 3.25. The Morgan fingerprint density at radius 1 is 1.32 bits per heavy atom. The van der Waals surface area contributed by atoms with Gasteiger partial charge in [0.15, 0.2) is 0 Å². The van der Waals surface area contributed by atoms with Gasteiger partial charge < -0.3 is 15.4 Å². The van der Waals surface area contributed by atoms with E-state index in [0.717, 1.165) is 38.3 Å². The average Bonchev–Trinajstić information content (AvgIpc) is 2.47. The number of hydrogen-bond acceptors (Lipinski definition) is 4. The number of piperazine rings is 1. The van der Waals surface area contributed by atoms with Crippen LogP contribution in [0.1, 0.15) is 10.4 Å². The molecular formula is C14H18F3N3O2. The lowest BCUT2D eigenvalue weighted by Crippen LogP contribution is -2.46. The number of amides is 1. The second-order valence-corrected chi connectivity index (χ2v) is 4.92. The number of alkyl halides is 3. The lowest BCUT2D eigenvalue weighted by molar-refractivity contribution is -0.274. The van der Waals surface area contributed by atoms with Gasteiger partial charge in [-0.3, -0.25) is 9.69 Å². The van der Waals surface area contributed by atoms with Crippen LogP contribution in [0.5, 0.6) is 5.75 Å². The van der Waals surface area contributed by atoms with Gasteiger partial charge in [0.2, 0.25) is 0 Å². The second-order valence-electron chi connectivity index (χ2n) is 4.92. The number of rotatable bonds is 5. The molecule has 1 aromatic carbocycles. The molecule has 0 atom stereocenters. The van der Waals surface area contributed by atoms with Gasteiger partial charge in [0.1, 0.15) is 5.75 Å². The van der Waals surface area contributed by atoms with E-state index in [1.807, 2.05) is 0 Å². The fraction of sp³-hybridized carbons (Fsp3) is 0.500. The van der Waals surface area contributed by atoms with Gasteiger partial charge >= 0.3 is 6.36 Å². The summed E-state index contributed by atoms with van der Waals surface area (Å²) in [6.07, 6.45) is -4.77. The van der Waals surface area contributed by atoms with E-state index in [0.29, 0.717) is 13.1 Å². The minimum Gasteiger partial charge on any atom is -0.406 e. The largest absolute Gasteiger partial charge is 0.573 e. The minimum absolute atomic E-state index is 0.141. The first-order valence-electron chi connectivity index (χ1n) is 7.01. The van der Waals surface area contributed by atoms with E-state index >= 15 is 0 Å². The highest BCUT2D eigenvalue weighted by molar-refractivity contribution is 5.94. The molecule has 1 aromatic rings. The standard InChI is InChI=1S/C14H18F3N3O2/c15-14(16,17)22-12-3-1-2-11(10-12)13(21)19-6-9-20-7-4-18-5-8-20/h1-3,10,18H,4-9H2,(H,19,21). The zero-order chi connectivity index (χ0) is 16.0. The van der Waals surface area contributed by atoms with Crippen molar-refractivity contribution in [2.24, 2.45) is 0 Å². The van der Waals surface area contributed by atoms with E-state index in [-0.39, 0.29) is 5.56 Å². The van der Waals surface area contributed by atoms with Crippen LogP contribution in [0.2, 0.25) is 0 Å². The number of ether oxygens (including phenoxy) is 1. The Kier molecular flexibility index (Phi) is 5.62. The van der Waals surface area contributed by atoms with E-state index < -0.39 is 18.0 Å². The predicted octanol–water partition coefficient (Wildman–Crippen LogP) is 1.22. The first-order valence-corrected chi connectivity index (χ1v) is 7.01. The molecule has 0 unspecified atom stereocenters. The number of benzene rings is 1. The van der Waals surface area contributed by atoms with E-state index in [1.165, 1.54) is 12.1 Å². The molecule has 1 aliphatic heterocycles. The average molecular weight is 317 g/mol. The molecule has 0 bridgehead atoms. The SMILES string of the molecule is O=C(NCCN1CCNCC1)c1cccc(OC(F)(F)F)c1. The molecule has 122 valence electrons. The summed E-state index contributed by atoms with van der Waals surface area (Å²) in [5, 5.41) is 5.93. The van der Waals surface area contributed by atoms with Crippen molar-refractivity contribution in [2.45, 2.75) is 6.36 Å². The van der Waals surface area contributed by atoms with Crippen molar-refractivity contribution < 1.29 is 22.7 Å². The van der Waals surface area contributed by atoms with Crippen molar-refractivity contribution >= 4 is 5.91 Å². The van der Waals surface area contributed by atoms with Crippen LogP contribution in [0.3, 0.4) is 0 Å². The monoisotopic (exact) mass is 317 g/mol. The molecule has 0 spiro atoms. The van der Waals surface area contributed by atoms with Crippen LogP contribution < -0.4 is 15.4 Å². The van der Waals surface area contributed by atoms with E-state index in [2.05, 4.69) is 20.3 Å². The molecule has 0 saturated carbocycles. The van der Waals surface area contributed by atoms with E-state index in [4.69, 9.17) is 0 Å². The zero-order valence-electron chi connectivity index (χ0n) is 11.9. The van der Waals surface area contributed by atoms with Gasteiger partial charge in [-0.1, -0.05) is 6.07 Å². The molecule has 2 rings (SSSR count). The summed E-state index contributed by atoms with van der Waals surface area (Å²) in [5.74, 6) is -0.815. The number of halogens is 3. The van der Waals surface area contributed by atoms with Gasteiger partial charge in [0.05, 0.1) is 0 Å². The van der Waals surface area contributed by atoms with Crippen LogP contribution in [0, 0.1) is 0 Å². The van der Waals surface area contributed by atoms with Crippen LogP contribution in [0.4, 0.5) is 13.2 Å². The molecule has 1 aliphatic rings. The molecule has 2 N–H and O–H groups in total. The van der Waals surface area contributed by atoms with Gasteiger partial charge in [-0.2, -0.15) is 0 Å². The Balaban J connectivity index is 1.82. The fourth-order valence-electron chi connectivity index (χ4n) is 2.20. The summed E-state index contributed by atoms with van der Waals surface area (Å²) in [5.41, 5.74) is 0.141. The minimum atomic E-state index is -4.77. The lowest BCUT2D eigenvalue weighted by Gasteiger charge is -2.27. The highest BCUT2D eigenvalue weighted by Crippen LogP contribution is 2.23. The molecule has 5 nitrogen and oxygen atoms in total. The van der Waals surface area contributed by atoms with Crippen molar-refractivity contribution in [1.82, 2.24) is 15.5 Å². The van der Waals surface area contributed by atoms with Gasteiger partial charge in [-0.05, 0) is 18.2 Å². The van der Waals surface area contributed by atoms with Crippen LogP contribution in [0.25, 0.3) is 0 Å². The topological polar surface area (TPSA) is 53.6 Å². The third-order valence-electron chi connectivity index (χ3n) is 3.25. The lowest BCUT2D eigenvalue weighted by atomic mass is 10.2. The first kappa shape index (κ1) is 16.6. The predicted molar refractivity (Wildman–Crippen MR) is 74.8 cm³/mol. The maximum atomic E-state index is 12.1. The van der Waals surface area contributed by atoms with Crippen LogP contribution in [0.15, 0.2) is 24.3 Å². The summed E-state index contributed by atoms with van der Waals surface area (Å²) >= 11 is 0. The maximum absolute atomic E-state index is 12.1. The third kappa shape index (κ3) is 5.53. The highest BCUT2D eigenvalue weighted by Gasteiger charge is 2.31.